The van der Waals surface area contributed by atoms with Crippen LogP contribution in [-0.4, -0.2) is 35.6 Å². The van der Waals surface area contributed by atoms with E-state index in [1.165, 1.54) is 24.3 Å². The Hall–Kier alpha value is -5.90. The molecule has 0 fully saturated rings. The molecule has 4 aromatic carbocycles. The van der Waals surface area contributed by atoms with Crippen LogP contribution in [0.1, 0.15) is 73.3 Å². The van der Waals surface area contributed by atoms with Crippen molar-refractivity contribution >= 4 is 46.9 Å². The van der Waals surface area contributed by atoms with Crippen molar-refractivity contribution in [1.82, 2.24) is 0 Å². The van der Waals surface area contributed by atoms with Gasteiger partial charge in [0.05, 0.1) is 45.6 Å². The van der Waals surface area contributed by atoms with E-state index in [-0.39, 0.29) is 33.4 Å². The number of anilines is 2. The molecule has 2 aliphatic heterocycles. The summed E-state index contributed by atoms with van der Waals surface area (Å²) in [6.45, 7) is 0. The maximum atomic E-state index is 13.1. The quantitative estimate of drug-likeness (QED) is 0.310. The molecule has 0 unspecified atom stereocenters. The number of benzene rings is 4. The summed E-state index contributed by atoms with van der Waals surface area (Å²) < 4.78 is 0. The molecule has 0 N–H and O–H groups in total. The van der Waals surface area contributed by atoms with E-state index in [0.29, 0.717) is 17.8 Å². The first-order valence-electron chi connectivity index (χ1n) is 12.4. The first-order chi connectivity index (χ1) is 19.6. The molecule has 0 radical (unpaired) electrons. The Kier molecular flexibility index (Phi) is 4.89. The lowest BCUT2D eigenvalue weighted by Crippen LogP contribution is -2.29. The van der Waals surface area contributed by atoms with Gasteiger partial charge in [0, 0.05) is 0 Å². The number of carboxylic acids is 2. The van der Waals surface area contributed by atoms with Crippen LogP contribution in [0.2, 0.25) is 0 Å². The number of aromatic carboxylic acids is 2. The first-order valence-corrected chi connectivity index (χ1v) is 12.4. The average molecular weight is 542 g/mol. The van der Waals surface area contributed by atoms with E-state index in [1.54, 1.807) is 36.4 Å². The van der Waals surface area contributed by atoms with Crippen molar-refractivity contribution in [2.45, 2.75) is 6.42 Å². The van der Waals surface area contributed by atoms with Crippen molar-refractivity contribution in [3.8, 4) is 11.1 Å². The van der Waals surface area contributed by atoms with Crippen LogP contribution < -0.4 is 20.0 Å². The van der Waals surface area contributed by atoms with Gasteiger partial charge in [-0.05, 0) is 88.3 Å². The van der Waals surface area contributed by atoms with Crippen molar-refractivity contribution in [2.24, 2.45) is 0 Å². The average Bonchev–Trinajstić information content (AvgIpc) is 3.54. The molecule has 4 amide bonds. The lowest BCUT2D eigenvalue weighted by atomic mass is 10.0. The zero-order chi connectivity index (χ0) is 28.7. The number of carbonyl (C=O) groups is 6. The van der Waals surface area contributed by atoms with Crippen LogP contribution in [-0.2, 0) is 6.42 Å². The molecule has 0 atom stereocenters. The van der Waals surface area contributed by atoms with E-state index in [0.717, 1.165) is 44.2 Å². The zero-order valence-electron chi connectivity index (χ0n) is 20.8. The van der Waals surface area contributed by atoms with Gasteiger partial charge >= 0.3 is 0 Å². The SMILES string of the molecule is O=C([O-])c1ccc2c(c1)C(=O)N(c1ccc3c(c1)Cc1cc(N4C(=O)c5ccc(C(=O)[O-])cc5C4=O)ccc1-3)C2=O. The highest BCUT2D eigenvalue weighted by molar-refractivity contribution is 6.35. The summed E-state index contributed by atoms with van der Waals surface area (Å²) >= 11 is 0. The Morgan fingerprint density at radius 3 is 1.24 bits per heavy atom. The molecular formula is C31H14N2O8-2. The van der Waals surface area contributed by atoms with Crippen molar-refractivity contribution in [3.05, 3.63) is 117 Å². The van der Waals surface area contributed by atoms with Gasteiger partial charge in [-0.3, -0.25) is 19.2 Å². The van der Waals surface area contributed by atoms with Gasteiger partial charge < -0.3 is 19.8 Å². The summed E-state index contributed by atoms with van der Waals surface area (Å²) in [7, 11) is 0. The van der Waals surface area contributed by atoms with Crippen molar-refractivity contribution in [3.63, 3.8) is 0 Å². The minimum absolute atomic E-state index is 0.0159. The fraction of sp³-hybridized carbons (Fsp3) is 0.0323. The van der Waals surface area contributed by atoms with E-state index in [4.69, 9.17) is 0 Å². The van der Waals surface area contributed by atoms with Crippen LogP contribution >= 0.6 is 0 Å². The highest BCUT2D eigenvalue weighted by Gasteiger charge is 2.39. The molecule has 7 rings (SSSR count). The molecule has 0 aromatic heterocycles. The maximum absolute atomic E-state index is 13.1. The van der Waals surface area contributed by atoms with Crippen molar-refractivity contribution in [1.29, 1.82) is 0 Å². The molecule has 41 heavy (non-hydrogen) atoms. The van der Waals surface area contributed by atoms with Crippen molar-refractivity contribution in [2.75, 3.05) is 9.80 Å². The Balaban J connectivity index is 1.19. The summed E-state index contributed by atoms with van der Waals surface area (Å²) in [5.74, 6) is -5.33. The van der Waals surface area contributed by atoms with Crippen LogP contribution in [0, 0.1) is 0 Å². The number of amides is 4. The van der Waals surface area contributed by atoms with Crippen LogP contribution in [0.3, 0.4) is 0 Å². The molecule has 1 aliphatic carbocycles. The Bertz CT molecular complexity index is 1830. The molecule has 0 saturated carbocycles. The lowest BCUT2D eigenvalue weighted by molar-refractivity contribution is -0.256. The summed E-state index contributed by atoms with van der Waals surface area (Å²) in [5.41, 5.74) is 3.72. The Morgan fingerprint density at radius 1 is 0.488 bits per heavy atom. The third-order valence-electron chi connectivity index (χ3n) is 7.61. The predicted molar refractivity (Wildman–Crippen MR) is 139 cm³/mol. The highest BCUT2D eigenvalue weighted by Crippen LogP contribution is 2.42. The zero-order valence-corrected chi connectivity index (χ0v) is 20.8. The lowest BCUT2D eigenvalue weighted by Gasteiger charge is -2.15. The number of nitrogens with zero attached hydrogens (tertiary/aromatic N) is 2. The normalized spacial score (nSPS) is 14.7. The third-order valence-corrected chi connectivity index (χ3v) is 7.61. The molecule has 10 nitrogen and oxygen atoms in total. The van der Waals surface area contributed by atoms with Crippen LogP contribution in [0.4, 0.5) is 11.4 Å². The largest absolute Gasteiger partial charge is 0.545 e. The van der Waals surface area contributed by atoms with Crippen LogP contribution in [0.5, 0.6) is 0 Å². The number of rotatable bonds is 4. The van der Waals surface area contributed by atoms with Gasteiger partial charge in [-0.2, -0.15) is 0 Å². The van der Waals surface area contributed by atoms with E-state index < -0.39 is 35.6 Å². The van der Waals surface area contributed by atoms with Gasteiger partial charge in [0.15, 0.2) is 0 Å². The molecule has 0 bridgehead atoms. The number of hydrogen-bond acceptors (Lipinski definition) is 8. The molecule has 2 heterocycles. The minimum Gasteiger partial charge on any atom is -0.545 e. The standard InChI is InChI=1S/C31H16N2O8/c34-26-22-5-1-14(30(38)39)12-24(22)28(36)32(26)18-3-7-20-16(10-18)9-17-11-19(4-8-21(17)20)33-27(35)23-6-2-15(31(40)41)13-25(23)29(33)37/h1-8,10-13H,9H2,(H,38,39)(H,40,41)/p-2. The molecule has 4 aromatic rings. The molecule has 3 aliphatic rings. The van der Waals surface area contributed by atoms with Crippen LogP contribution in [0.15, 0.2) is 72.8 Å². The summed E-state index contributed by atoms with van der Waals surface area (Å²) in [6.07, 6.45) is 0.391. The van der Waals surface area contributed by atoms with E-state index in [1.807, 2.05) is 0 Å². The fourth-order valence-corrected chi connectivity index (χ4v) is 5.67. The van der Waals surface area contributed by atoms with E-state index >= 15 is 0 Å². The fourth-order valence-electron chi connectivity index (χ4n) is 5.67. The van der Waals surface area contributed by atoms with Crippen LogP contribution in [0.25, 0.3) is 11.1 Å². The Labute approximate surface area is 230 Å². The number of imide groups is 2. The Morgan fingerprint density at radius 2 is 0.854 bits per heavy atom. The number of fused-ring (bicyclic) bond motifs is 5. The molecular weight excluding hydrogens is 528 g/mol. The van der Waals surface area contributed by atoms with Gasteiger partial charge in [-0.15, -0.1) is 0 Å². The highest BCUT2D eigenvalue weighted by atomic mass is 16.4. The third kappa shape index (κ3) is 3.37. The number of carboxylic acid groups (broad SMARTS) is 2. The second-order valence-electron chi connectivity index (χ2n) is 9.85. The van der Waals surface area contributed by atoms with Gasteiger partial charge in [0.2, 0.25) is 0 Å². The van der Waals surface area contributed by atoms with Crippen molar-refractivity contribution < 1.29 is 39.0 Å². The molecule has 0 spiro atoms. The second-order valence-corrected chi connectivity index (χ2v) is 9.85. The summed E-state index contributed by atoms with van der Waals surface area (Å²) in [4.78, 5) is 76.7. The second kappa shape index (κ2) is 8.30. The van der Waals surface area contributed by atoms with Gasteiger partial charge in [0.1, 0.15) is 0 Å². The van der Waals surface area contributed by atoms with E-state index in [2.05, 4.69) is 0 Å². The molecule has 198 valence electrons. The smallest absolute Gasteiger partial charge is 0.266 e. The van der Waals surface area contributed by atoms with E-state index in [9.17, 15) is 39.0 Å². The first kappa shape index (κ1) is 24.2. The predicted octanol–water partition coefficient (Wildman–Crippen LogP) is 1.59. The maximum Gasteiger partial charge on any atom is 0.266 e. The summed E-state index contributed by atoms with van der Waals surface area (Å²) in [6, 6.07) is 17.5. The topological polar surface area (TPSA) is 155 Å². The summed E-state index contributed by atoms with van der Waals surface area (Å²) in [5, 5.41) is 22.5. The van der Waals surface area contributed by atoms with Gasteiger partial charge in [0.25, 0.3) is 23.6 Å². The molecule has 0 saturated heterocycles. The monoisotopic (exact) mass is 542 g/mol. The number of carbonyl (C=O) groups excluding carboxylic acids is 6. The van der Waals surface area contributed by atoms with Gasteiger partial charge in [-0.25, -0.2) is 9.80 Å². The van der Waals surface area contributed by atoms with Gasteiger partial charge in [-0.1, -0.05) is 24.3 Å². The molecule has 10 heteroatoms. The minimum atomic E-state index is -1.45. The number of hydrogen-bond donors (Lipinski definition) is 0.